The molecule has 7 heteroatoms. The second-order valence-electron chi connectivity index (χ2n) is 4.13. The summed E-state index contributed by atoms with van der Waals surface area (Å²) in [6, 6.07) is 3.38. The van der Waals surface area contributed by atoms with Crippen LogP contribution in [-0.4, -0.2) is 18.6 Å². The van der Waals surface area contributed by atoms with E-state index in [0.29, 0.717) is 5.56 Å². The summed E-state index contributed by atoms with van der Waals surface area (Å²) in [4.78, 5) is 11.5. The molecule has 1 aromatic rings. The Hall–Kier alpha value is -2.07. The summed E-state index contributed by atoms with van der Waals surface area (Å²) in [5.41, 5.74) is -1.11. The Bertz CT molecular complexity index is 573. The molecule has 4 nitrogen and oxygen atoms in total. The number of rotatable bonds is 2. The standard InChI is InChI=1S/C12H9F3N2O2.C2H6/c1-6-2-7(4-16)8(12(13,14)15)3-9(6)17-11(18)10-5-19-10;1-2/h2-3,10H,5H2,1H3,(H,17,18);1-2H3. The number of aryl methyl sites for hydroxylation is 1. The Kier molecular flexibility index (Phi) is 5.33. The summed E-state index contributed by atoms with van der Waals surface area (Å²) in [6.45, 7) is 5.79. The molecule has 0 aromatic heterocycles. The fourth-order valence-electron chi connectivity index (χ4n) is 1.58. The molecule has 114 valence electrons. The normalized spacial score (nSPS) is 16.3. The molecule has 1 saturated heterocycles. The first-order valence-electron chi connectivity index (χ1n) is 6.37. The molecule has 1 atom stereocenters. The highest BCUT2D eigenvalue weighted by atomic mass is 19.4. The van der Waals surface area contributed by atoms with E-state index >= 15 is 0 Å². The molecule has 1 aliphatic rings. The van der Waals surface area contributed by atoms with E-state index in [1.807, 2.05) is 13.8 Å². The molecule has 2 rings (SSSR count). The van der Waals surface area contributed by atoms with Crippen molar-refractivity contribution >= 4 is 11.6 Å². The van der Waals surface area contributed by atoms with Crippen LogP contribution in [0.1, 0.15) is 30.5 Å². The third kappa shape index (κ3) is 4.20. The summed E-state index contributed by atoms with van der Waals surface area (Å²) in [5, 5.41) is 11.1. The number of anilines is 1. The van der Waals surface area contributed by atoms with Crippen LogP contribution in [-0.2, 0) is 15.7 Å². The minimum atomic E-state index is -4.64. The van der Waals surface area contributed by atoms with Crippen molar-refractivity contribution in [3.8, 4) is 6.07 Å². The van der Waals surface area contributed by atoms with Crippen LogP contribution in [0.4, 0.5) is 18.9 Å². The highest BCUT2D eigenvalue weighted by molar-refractivity contribution is 5.96. The molecular formula is C14H15F3N2O2. The number of nitrogens with one attached hydrogen (secondary N) is 1. The lowest BCUT2D eigenvalue weighted by Gasteiger charge is -2.13. The van der Waals surface area contributed by atoms with Crippen molar-refractivity contribution < 1.29 is 22.7 Å². The number of hydrogen-bond donors (Lipinski definition) is 1. The average Bonchev–Trinajstić information content (AvgIpc) is 3.26. The van der Waals surface area contributed by atoms with Crippen molar-refractivity contribution in [3.05, 3.63) is 28.8 Å². The third-order valence-electron chi connectivity index (χ3n) is 2.67. The maximum atomic E-state index is 12.8. The summed E-state index contributed by atoms with van der Waals surface area (Å²) < 4.78 is 43.0. The van der Waals surface area contributed by atoms with Crippen LogP contribution in [0.3, 0.4) is 0 Å². The number of halogens is 3. The van der Waals surface area contributed by atoms with Crippen molar-refractivity contribution in [2.24, 2.45) is 0 Å². The third-order valence-corrected chi connectivity index (χ3v) is 2.67. The monoisotopic (exact) mass is 300 g/mol. The number of alkyl halides is 3. The zero-order valence-electron chi connectivity index (χ0n) is 11.8. The van der Waals surface area contributed by atoms with E-state index in [4.69, 9.17) is 10.00 Å². The van der Waals surface area contributed by atoms with Crippen molar-refractivity contribution in [2.75, 3.05) is 11.9 Å². The molecule has 0 spiro atoms. The molecule has 0 bridgehead atoms. The summed E-state index contributed by atoms with van der Waals surface area (Å²) in [5.74, 6) is -0.485. The van der Waals surface area contributed by atoms with Crippen LogP contribution < -0.4 is 5.32 Å². The van der Waals surface area contributed by atoms with Crippen molar-refractivity contribution in [3.63, 3.8) is 0 Å². The van der Waals surface area contributed by atoms with Gasteiger partial charge in [0.15, 0.2) is 6.10 Å². The van der Waals surface area contributed by atoms with E-state index in [1.165, 1.54) is 13.0 Å². The zero-order valence-corrected chi connectivity index (χ0v) is 11.8. The van der Waals surface area contributed by atoms with Crippen LogP contribution in [0.25, 0.3) is 0 Å². The fourth-order valence-corrected chi connectivity index (χ4v) is 1.58. The van der Waals surface area contributed by atoms with Crippen molar-refractivity contribution in [1.82, 2.24) is 0 Å². The Labute approximate surface area is 120 Å². The van der Waals surface area contributed by atoms with Gasteiger partial charge < -0.3 is 10.1 Å². The quantitative estimate of drug-likeness (QED) is 0.853. The number of amides is 1. The van der Waals surface area contributed by atoms with Gasteiger partial charge in [-0.3, -0.25) is 4.79 Å². The molecule has 1 N–H and O–H groups in total. The van der Waals surface area contributed by atoms with Gasteiger partial charge in [0.05, 0.1) is 23.8 Å². The maximum absolute atomic E-state index is 12.8. The van der Waals surface area contributed by atoms with Crippen molar-refractivity contribution in [2.45, 2.75) is 33.1 Å². The van der Waals surface area contributed by atoms with Gasteiger partial charge in [-0.15, -0.1) is 0 Å². The molecule has 1 unspecified atom stereocenters. The molecule has 0 aliphatic carbocycles. The van der Waals surface area contributed by atoms with Crippen LogP contribution in [0.2, 0.25) is 0 Å². The predicted octanol–water partition coefficient (Wildman–Crippen LogP) is 3.25. The largest absolute Gasteiger partial charge is 0.417 e. The lowest BCUT2D eigenvalue weighted by Crippen LogP contribution is -2.19. The molecule has 0 radical (unpaired) electrons. The van der Waals surface area contributed by atoms with Crippen molar-refractivity contribution in [1.29, 1.82) is 5.26 Å². The van der Waals surface area contributed by atoms with Crippen LogP contribution in [0.15, 0.2) is 12.1 Å². The van der Waals surface area contributed by atoms with E-state index in [0.717, 1.165) is 12.1 Å². The predicted molar refractivity (Wildman–Crippen MR) is 70.6 cm³/mol. The van der Waals surface area contributed by atoms with Gasteiger partial charge in [-0.25, -0.2) is 0 Å². The zero-order chi connectivity index (χ0) is 16.2. The molecule has 1 amide bonds. The summed E-state index contributed by atoms with van der Waals surface area (Å²) in [6.07, 6.45) is -5.24. The minimum absolute atomic E-state index is 0.0341. The lowest BCUT2D eigenvalue weighted by atomic mass is 10.0. The number of ether oxygens (including phenoxy) is 1. The van der Waals surface area contributed by atoms with Gasteiger partial charge in [0.2, 0.25) is 0 Å². The van der Waals surface area contributed by atoms with E-state index in [-0.39, 0.29) is 12.3 Å². The molecule has 0 saturated carbocycles. The van der Waals surface area contributed by atoms with Gasteiger partial charge in [0.25, 0.3) is 5.91 Å². The maximum Gasteiger partial charge on any atom is 0.417 e. The van der Waals surface area contributed by atoms with E-state index < -0.39 is 29.3 Å². The molecular weight excluding hydrogens is 285 g/mol. The van der Waals surface area contributed by atoms with Gasteiger partial charge >= 0.3 is 6.18 Å². The van der Waals surface area contributed by atoms with Crippen LogP contribution in [0.5, 0.6) is 0 Å². The fraction of sp³-hybridized carbons (Fsp3) is 0.429. The lowest BCUT2D eigenvalue weighted by molar-refractivity contribution is -0.137. The Balaban J connectivity index is 0.00000106. The number of hydrogen-bond acceptors (Lipinski definition) is 3. The smallest absolute Gasteiger partial charge is 0.363 e. The van der Waals surface area contributed by atoms with Crippen LogP contribution in [0, 0.1) is 18.3 Å². The van der Waals surface area contributed by atoms with Gasteiger partial charge in [-0.1, -0.05) is 13.8 Å². The number of nitrogens with zero attached hydrogens (tertiary/aromatic N) is 1. The van der Waals surface area contributed by atoms with Crippen LogP contribution >= 0.6 is 0 Å². The first kappa shape index (κ1) is 17.0. The second-order valence-corrected chi connectivity index (χ2v) is 4.13. The summed E-state index contributed by atoms with van der Waals surface area (Å²) in [7, 11) is 0. The number of nitriles is 1. The van der Waals surface area contributed by atoms with Gasteiger partial charge in [-0.05, 0) is 24.6 Å². The minimum Gasteiger partial charge on any atom is -0.363 e. The Morgan fingerprint density at radius 3 is 2.43 bits per heavy atom. The topological polar surface area (TPSA) is 65.4 Å². The molecule has 1 fully saturated rings. The first-order chi connectivity index (χ1) is 9.82. The Morgan fingerprint density at radius 1 is 1.43 bits per heavy atom. The first-order valence-corrected chi connectivity index (χ1v) is 6.37. The average molecular weight is 300 g/mol. The number of benzene rings is 1. The van der Waals surface area contributed by atoms with Gasteiger partial charge in [0, 0.05) is 5.69 Å². The van der Waals surface area contributed by atoms with E-state index in [2.05, 4.69) is 5.32 Å². The highest BCUT2D eigenvalue weighted by Gasteiger charge is 2.35. The summed E-state index contributed by atoms with van der Waals surface area (Å²) >= 11 is 0. The SMILES string of the molecule is CC.Cc1cc(C#N)c(C(F)(F)F)cc1NC(=O)C1CO1. The molecule has 1 aliphatic heterocycles. The number of epoxide rings is 1. The molecule has 1 heterocycles. The van der Waals surface area contributed by atoms with Gasteiger partial charge in [-0.2, -0.15) is 18.4 Å². The van der Waals surface area contributed by atoms with E-state index in [1.54, 1.807) is 0 Å². The van der Waals surface area contributed by atoms with E-state index in [9.17, 15) is 18.0 Å². The molecule has 1 aromatic carbocycles. The number of carbonyl (C=O) groups excluding carboxylic acids is 1. The molecule has 21 heavy (non-hydrogen) atoms. The Morgan fingerprint density at radius 2 is 2.00 bits per heavy atom. The number of carbonyl (C=O) groups is 1. The van der Waals surface area contributed by atoms with Gasteiger partial charge in [0.1, 0.15) is 0 Å². The second kappa shape index (κ2) is 6.59. The highest BCUT2D eigenvalue weighted by Crippen LogP contribution is 2.35.